The lowest BCUT2D eigenvalue weighted by atomic mass is 10.0. The molecule has 0 bridgehead atoms. The minimum absolute atomic E-state index is 0.00841. The molecule has 2 amide bonds. The first kappa shape index (κ1) is 25.4. The molecule has 0 aliphatic carbocycles. The van der Waals surface area contributed by atoms with Gasteiger partial charge in [0.05, 0.1) is 31.0 Å². The van der Waals surface area contributed by atoms with Crippen molar-refractivity contribution in [2.45, 2.75) is 19.6 Å². The van der Waals surface area contributed by atoms with E-state index in [-0.39, 0.29) is 30.0 Å². The number of ether oxygens (including phenoxy) is 2. The van der Waals surface area contributed by atoms with Gasteiger partial charge in [-0.25, -0.2) is 0 Å². The van der Waals surface area contributed by atoms with Crippen molar-refractivity contribution >= 4 is 40.0 Å². The second-order valence-electron chi connectivity index (χ2n) is 9.25. The van der Waals surface area contributed by atoms with Crippen LogP contribution in [-0.2, 0) is 33.9 Å². The molecule has 2 aliphatic heterocycles. The van der Waals surface area contributed by atoms with E-state index in [1.165, 1.54) is 6.20 Å². The Morgan fingerprint density at radius 3 is 2.59 bits per heavy atom. The summed E-state index contributed by atoms with van der Waals surface area (Å²) in [4.78, 5) is 43.9. The smallest absolute Gasteiger partial charge is 0.257 e. The molecule has 1 fully saturated rings. The van der Waals surface area contributed by atoms with Crippen molar-refractivity contribution < 1.29 is 19.1 Å². The maximum absolute atomic E-state index is 13.7. The van der Waals surface area contributed by atoms with E-state index in [0.717, 1.165) is 24.2 Å². The number of carbonyl (C=O) groups excluding carboxylic acids is 2. The lowest BCUT2D eigenvalue weighted by Crippen LogP contribution is -2.41. The Morgan fingerprint density at radius 2 is 1.86 bits per heavy atom. The summed E-state index contributed by atoms with van der Waals surface area (Å²) in [6.07, 6.45) is 1.50. The average molecular weight is 525 g/mol. The molecule has 3 aromatic rings. The summed E-state index contributed by atoms with van der Waals surface area (Å²) in [7, 11) is 1.59. The van der Waals surface area contributed by atoms with E-state index in [0.29, 0.717) is 54.5 Å². The van der Waals surface area contributed by atoms with Crippen LogP contribution >= 0.6 is 11.6 Å². The monoisotopic (exact) mass is 524 g/mol. The summed E-state index contributed by atoms with van der Waals surface area (Å²) >= 11 is 5.94. The Balaban J connectivity index is 1.54. The number of amides is 2. The van der Waals surface area contributed by atoms with Gasteiger partial charge in [0.2, 0.25) is 11.3 Å². The first-order valence-corrected chi connectivity index (χ1v) is 12.6. The summed E-state index contributed by atoms with van der Waals surface area (Å²) < 4.78 is 12.4. The van der Waals surface area contributed by atoms with Crippen molar-refractivity contribution in [1.82, 2.24) is 14.8 Å². The van der Waals surface area contributed by atoms with Crippen LogP contribution in [0.15, 0.2) is 47.4 Å². The van der Waals surface area contributed by atoms with E-state index >= 15 is 0 Å². The molecule has 10 heteroatoms. The van der Waals surface area contributed by atoms with E-state index in [1.54, 1.807) is 28.7 Å². The van der Waals surface area contributed by atoms with Crippen LogP contribution in [0, 0.1) is 0 Å². The number of hydrogen-bond acceptors (Lipinski definition) is 6. The van der Waals surface area contributed by atoms with E-state index in [4.69, 9.17) is 21.1 Å². The molecule has 1 N–H and O–H groups in total. The van der Waals surface area contributed by atoms with Gasteiger partial charge in [0.25, 0.3) is 5.91 Å². The van der Waals surface area contributed by atoms with Gasteiger partial charge in [0.1, 0.15) is 12.1 Å². The molecule has 0 spiro atoms. The number of carbonyl (C=O) groups is 2. The van der Waals surface area contributed by atoms with Crippen molar-refractivity contribution in [3.05, 3.63) is 74.5 Å². The fourth-order valence-electron chi connectivity index (χ4n) is 4.85. The summed E-state index contributed by atoms with van der Waals surface area (Å²) in [5, 5.41) is 3.86. The van der Waals surface area contributed by atoms with E-state index in [2.05, 4.69) is 10.2 Å². The van der Waals surface area contributed by atoms with Gasteiger partial charge in [0, 0.05) is 56.4 Å². The standard InChI is InChI=1S/C27H29ClN4O5/c1-36-9-8-32-23-13-19(15-30-6-10-37-11-7-30)12-21-25(23)31(17-24(32)33)16-22(26(21)34)27(35)29-14-18-2-4-20(28)5-3-18/h2-5,12-13,16H,6-11,14-15,17H2,1H3,(H,29,35). The normalized spacial score (nSPS) is 15.8. The molecule has 1 saturated heterocycles. The van der Waals surface area contributed by atoms with Crippen molar-refractivity contribution in [3.63, 3.8) is 0 Å². The number of nitrogens with one attached hydrogen (secondary N) is 1. The largest absolute Gasteiger partial charge is 0.383 e. The zero-order valence-corrected chi connectivity index (χ0v) is 21.4. The highest BCUT2D eigenvalue weighted by atomic mass is 35.5. The van der Waals surface area contributed by atoms with Crippen LogP contribution in [0.4, 0.5) is 5.69 Å². The molecular formula is C27H29ClN4O5. The van der Waals surface area contributed by atoms with Gasteiger partial charge in [-0.2, -0.15) is 0 Å². The molecule has 0 radical (unpaired) electrons. The number of anilines is 1. The molecule has 2 aliphatic rings. The van der Waals surface area contributed by atoms with Gasteiger partial charge in [-0.15, -0.1) is 0 Å². The number of pyridine rings is 1. The summed E-state index contributed by atoms with van der Waals surface area (Å²) in [6.45, 7) is 4.54. The average Bonchev–Trinajstić information content (AvgIpc) is 2.90. The predicted octanol–water partition coefficient (Wildman–Crippen LogP) is 2.41. The maximum Gasteiger partial charge on any atom is 0.257 e. The quantitative estimate of drug-likeness (QED) is 0.486. The van der Waals surface area contributed by atoms with Gasteiger partial charge in [-0.1, -0.05) is 23.7 Å². The van der Waals surface area contributed by atoms with Gasteiger partial charge < -0.3 is 24.3 Å². The van der Waals surface area contributed by atoms with Crippen molar-refractivity contribution in [3.8, 4) is 0 Å². The van der Waals surface area contributed by atoms with Crippen LogP contribution in [0.3, 0.4) is 0 Å². The number of hydrogen-bond donors (Lipinski definition) is 1. The Morgan fingerprint density at radius 1 is 1.11 bits per heavy atom. The second kappa shape index (κ2) is 11.0. The summed E-state index contributed by atoms with van der Waals surface area (Å²) in [5.41, 5.74) is 2.74. The third kappa shape index (κ3) is 5.40. The first-order chi connectivity index (χ1) is 17.9. The maximum atomic E-state index is 13.7. The van der Waals surface area contributed by atoms with E-state index < -0.39 is 5.91 Å². The van der Waals surface area contributed by atoms with Crippen LogP contribution in [0.1, 0.15) is 21.5 Å². The van der Waals surface area contributed by atoms with Gasteiger partial charge in [0.15, 0.2) is 0 Å². The summed E-state index contributed by atoms with van der Waals surface area (Å²) in [6, 6.07) is 11.0. The molecular weight excluding hydrogens is 496 g/mol. The van der Waals surface area contributed by atoms with Crippen molar-refractivity contribution in [2.24, 2.45) is 0 Å². The van der Waals surface area contributed by atoms with E-state index in [1.807, 2.05) is 24.3 Å². The highest BCUT2D eigenvalue weighted by molar-refractivity contribution is 6.30. The van der Waals surface area contributed by atoms with Gasteiger partial charge in [-0.3, -0.25) is 19.3 Å². The van der Waals surface area contributed by atoms with Crippen molar-refractivity contribution in [1.29, 1.82) is 0 Å². The zero-order chi connectivity index (χ0) is 25.9. The minimum atomic E-state index is -0.486. The van der Waals surface area contributed by atoms with Gasteiger partial charge >= 0.3 is 0 Å². The van der Waals surface area contributed by atoms with Gasteiger partial charge in [-0.05, 0) is 35.4 Å². The number of morpholine rings is 1. The molecule has 0 atom stereocenters. The molecule has 194 valence electrons. The topological polar surface area (TPSA) is 93.1 Å². The molecule has 3 heterocycles. The highest BCUT2D eigenvalue weighted by Crippen LogP contribution is 2.32. The number of nitrogens with zero attached hydrogens (tertiary/aromatic N) is 3. The Hall–Kier alpha value is -3.24. The number of aromatic nitrogens is 1. The first-order valence-electron chi connectivity index (χ1n) is 12.3. The number of rotatable bonds is 8. The zero-order valence-electron chi connectivity index (χ0n) is 20.7. The second-order valence-corrected chi connectivity index (χ2v) is 9.68. The molecule has 0 saturated carbocycles. The van der Waals surface area contributed by atoms with Crippen LogP contribution < -0.4 is 15.6 Å². The fraction of sp³-hybridized carbons (Fsp3) is 0.370. The van der Waals surface area contributed by atoms with Crippen LogP contribution in [0.25, 0.3) is 10.9 Å². The molecule has 0 unspecified atom stereocenters. The molecule has 1 aromatic heterocycles. The lowest BCUT2D eigenvalue weighted by molar-refractivity contribution is -0.119. The molecule has 5 rings (SSSR count). The third-order valence-electron chi connectivity index (χ3n) is 6.75. The third-order valence-corrected chi connectivity index (χ3v) is 7.00. The van der Waals surface area contributed by atoms with Crippen LogP contribution in [0.2, 0.25) is 5.02 Å². The van der Waals surface area contributed by atoms with E-state index in [9.17, 15) is 14.4 Å². The SMILES string of the molecule is COCCN1C(=O)Cn2cc(C(=O)NCc3ccc(Cl)cc3)c(=O)c3cc(CN4CCOCC4)cc1c32. The lowest BCUT2D eigenvalue weighted by Gasteiger charge is -2.32. The Kier molecular flexibility index (Phi) is 7.57. The Labute approximate surface area is 219 Å². The minimum Gasteiger partial charge on any atom is -0.383 e. The number of halogens is 1. The molecule has 9 nitrogen and oxygen atoms in total. The fourth-order valence-corrected chi connectivity index (χ4v) is 4.98. The highest BCUT2D eigenvalue weighted by Gasteiger charge is 2.29. The number of benzene rings is 2. The van der Waals surface area contributed by atoms with Crippen LogP contribution in [0.5, 0.6) is 0 Å². The van der Waals surface area contributed by atoms with Crippen molar-refractivity contribution in [2.75, 3.05) is 51.5 Å². The number of methoxy groups -OCH3 is 1. The van der Waals surface area contributed by atoms with Crippen LogP contribution in [-0.4, -0.2) is 67.8 Å². The predicted molar refractivity (Wildman–Crippen MR) is 141 cm³/mol. The molecule has 2 aromatic carbocycles. The Bertz CT molecular complexity index is 1380. The molecule has 37 heavy (non-hydrogen) atoms. The summed E-state index contributed by atoms with van der Waals surface area (Å²) in [5.74, 6) is -0.606.